The first-order valence-electron chi connectivity index (χ1n) is 5.61. The Bertz CT molecular complexity index is 564. The third-order valence-corrected chi connectivity index (χ3v) is 3.44. The van der Waals surface area contributed by atoms with Crippen molar-refractivity contribution in [2.75, 3.05) is 6.26 Å². The summed E-state index contributed by atoms with van der Waals surface area (Å²) >= 11 is 1.65. The zero-order valence-electron chi connectivity index (χ0n) is 10.3. The van der Waals surface area contributed by atoms with Crippen molar-refractivity contribution in [3.63, 3.8) is 0 Å². The summed E-state index contributed by atoms with van der Waals surface area (Å²) in [6, 6.07) is 13.4. The predicted octanol–water partition coefficient (Wildman–Crippen LogP) is 4.32. The summed E-state index contributed by atoms with van der Waals surface area (Å²) in [6.07, 6.45) is 2.87. The highest BCUT2D eigenvalue weighted by molar-refractivity contribution is 7.98. The molecule has 0 bridgehead atoms. The Labute approximate surface area is 111 Å². The summed E-state index contributed by atoms with van der Waals surface area (Å²) < 4.78 is 5.84. The molecule has 0 aromatic heterocycles. The molecule has 0 spiro atoms. The first-order chi connectivity index (χ1) is 8.74. The molecule has 0 aliphatic carbocycles. The van der Waals surface area contributed by atoms with E-state index < -0.39 is 0 Å². The fourth-order valence-corrected chi connectivity index (χ4v) is 2.20. The molecule has 0 amide bonds. The third kappa shape index (κ3) is 2.74. The first-order valence-corrected chi connectivity index (χ1v) is 6.84. The molecule has 3 heteroatoms. The van der Waals surface area contributed by atoms with Gasteiger partial charge in [-0.15, -0.1) is 11.8 Å². The molecular formula is C15H14O2S. The molecule has 0 N–H and O–H groups in total. The van der Waals surface area contributed by atoms with Crippen molar-refractivity contribution in [1.29, 1.82) is 0 Å². The number of ether oxygens (including phenoxy) is 1. The zero-order chi connectivity index (χ0) is 13.0. The quantitative estimate of drug-likeness (QED) is 0.603. The van der Waals surface area contributed by atoms with Crippen LogP contribution < -0.4 is 4.74 Å². The Morgan fingerprint density at radius 1 is 1.17 bits per heavy atom. The van der Waals surface area contributed by atoms with E-state index in [4.69, 9.17) is 4.74 Å². The van der Waals surface area contributed by atoms with Gasteiger partial charge in [0.25, 0.3) is 0 Å². The molecule has 0 aliphatic heterocycles. The van der Waals surface area contributed by atoms with Gasteiger partial charge in [-0.2, -0.15) is 0 Å². The molecule has 0 saturated heterocycles. The van der Waals surface area contributed by atoms with Crippen LogP contribution in [0.25, 0.3) is 0 Å². The lowest BCUT2D eigenvalue weighted by atomic mass is 10.1. The molecule has 18 heavy (non-hydrogen) atoms. The number of benzene rings is 2. The minimum atomic E-state index is 0.695. The Balaban J connectivity index is 2.28. The Morgan fingerprint density at radius 3 is 2.61 bits per heavy atom. The fourth-order valence-electron chi connectivity index (χ4n) is 1.67. The van der Waals surface area contributed by atoms with Gasteiger partial charge in [0, 0.05) is 10.5 Å². The van der Waals surface area contributed by atoms with Crippen LogP contribution in [-0.2, 0) is 0 Å². The van der Waals surface area contributed by atoms with Gasteiger partial charge in [0.15, 0.2) is 0 Å². The molecule has 0 heterocycles. The first kappa shape index (κ1) is 12.7. The lowest BCUT2D eigenvalue weighted by Gasteiger charge is -2.10. The molecule has 92 valence electrons. The van der Waals surface area contributed by atoms with Crippen LogP contribution in [0.2, 0.25) is 0 Å². The maximum absolute atomic E-state index is 10.8. The van der Waals surface area contributed by atoms with E-state index in [-0.39, 0.29) is 0 Å². The number of aldehydes is 1. The van der Waals surface area contributed by atoms with Gasteiger partial charge in [-0.3, -0.25) is 4.79 Å². The van der Waals surface area contributed by atoms with E-state index in [2.05, 4.69) is 0 Å². The van der Waals surface area contributed by atoms with Crippen molar-refractivity contribution >= 4 is 18.0 Å². The summed E-state index contributed by atoms with van der Waals surface area (Å²) in [7, 11) is 0. The third-order valence-electron chi connectivity index (χ3n) is 2.67. The normalized spacial score (nSPS) is 10.1. The lowest BCUT2D eigenvalue weighted by molar-refractivity contribution is 0.112. The van der Waals surface area contributed by atoms with Gasteiger partial charge in [-0.1, -0.05) is 12.1 Å². The van der Waals surface area contributed by atoms with Crippen LogP contribution in [0, 0.1) is 6.92 Å². The number of para-hydroxylation sites is 1. The number of carbonyl (C=O) groups excluding carboxylic acids is 1. The SMILES string of the molecule is CSc1ccccc1Oc1ccc(C=O)c(C)c1. The number of hydrogen-bond acceptors (Lipinski definition) is 3. The number of aryl methyl sites for hydroxylation is 1. The fraction of sp³-hybridized carbons (Fsp3) is 0.133. The summed E-state index contributed by atoms with van der Waals surface area (Å²) in [5.74, 6) is 1.59. The second kappa shape index (κ2) is 5.74. The van der Waals surface area contributed by atoms with Gasteiger partial charge >= 0.3 is 0 Å². The highest BCUT2D eigenvalue weighted by Gasteiger charge is 2.04. The highest BCUT2D eigenvalue weighted by Crippen LogP contribution is 2.31. The number of rotatable bonds is 4. The molecule has 2 aromatic rings. The second-order valence-corrected chi connectivity index (χ2v) is 4.74. The number of hydrogen-bond donors (Lipinski definition) is 0. The van der Waals surface area contributed by atoms with Crippen LogP contribution in [0.15, 0.2) is 47.4 Å². The molecule has 2 nitrogen and oxygen atoms in total. The van der Waals surface area contributed by atoms with Gasteiger partial charge in [-0.25, -0.2) is 0 Å². The van der Waals surface area contributed by atoms with Gasteiger partial charge in [0.05, 0.1) is 0 Å². The van der Waals surface area contributed by atoms with Crippen molar-refractivity contribution in [1.82, 2.24) is 0 Å². The Hall–Kier alpha value is -1.74. The van der Waals surface area contributed by atoms with E-state index in [1.807, 2.05) is 49.6 Å². The molecule has 0 saturated carbocycles. The zero-order valence-corrected chi connectivity index (χ0v) is 11.2. The molecule has 0 aliphatic rings. The topological polar surface area (TPSA) is 26.3 Å². The standard InChI is InChI=1S/C15H14O2S/c1-11-9-13(8-7-12(11)10-16)17-14-5-3-4-6-15(14)18-2/h3-10H,1-2H3. The predicted molar refractivity (Wildman–Crippen MR) is 74.9 cm³/mol. The maximum atomic E-state index is 10.8. The summed E-state index contributed by atoms with van der Waals surface area (Å²) in [4.78, 5) is 11.8. The van der Waals surface area contributed by atoms with Crippen molar-refractivity contribution in [3.8, 4) is 11.5 Å². The van der Waals surface area contributed by atoms with E-state index in [0.717, 1.165) is 28.2 Å². The number of thioether (sulfide) groups is 1. The lowest BCUT2D eigenvalue weighted by Crippen LogP contribution is -1.90. The minimum Gasteiger partial charge on any atom is -0.456 e. The van der Waals surface area contributed by atoms with Crippen molar-refractivity contribution in [2.24, 2.45) is 0 Å². The van der Waals surface area contributed by atoms with Crippen LogP contribution in [0.5, 0.6) is 11.5 Å². The van der Waals surface area contributed by atoms with Crippen LogP contribution >= 0.6 is 11.8 Å². The molecule has 2 rings (SSSR count). The molecule has 0 unspecified atom stereocenters. The van der Waals surface area contributed by atoms with Gasteiger partial charge in [0.1, 0.15) is 17.8 Å². The smallest absolute Gasteiger partial charge is 0.150 e. The van der Waals surface area contributed by atoms with Gasteiger partial charge < -0.3 is 4.74 Å². The van der Waals surface area contributed by atoms with E-state index in [9.17, 15) is 4.79 Å². The van der Waals surface area contributed by atoms with Crippen molar-refractivity contribution < 1.29 is 9.53 Å². The van der Waals surface area contributed by atoms with Crippen molar-refractivity contribution in [2.45, 2.75) is 11.8 Å². The van der Waals surface area contributed by atoms with Crippen LogP contribution in [0.3, 0.4) is 0 Å². The maximum Gasteiger partial charge on any atom is 0.150 e. The molecular weight excluding hydrogens is 244 g/mol. The highest BCUT2D eigenvalue weighted by atomic mass is 32.2. The number of carbonyl (C=O) groups is 1. The average molecular weight is 258 g/mol. The van der Waals surface area contributed by atoms with Gasteiger partial charge in [0.2, 0.25) is 0 Å². The molecule has 0 atom stereocenters. The molecule has 0 radical (unpaired) electrons. The minimum absolute atomic E-state index is 0.695. The molecule has 2 aromatic carbocycles. The summed E-state index contributed by atoms with van der Waals surface area (Å²) in [6.45, 7) is 1.90. The largest absolute Gasteiger partial charge is 0.456 e. The summed E-state index contributed by atoms with van der Waals surface area (Å²) in [5, 5.41) is 0. The second-order valence-electron chi connectivity index (χ2n) is 3.89. The molecule has 0 fully saturated rings. The average Bonchev–Trinajstić information content (AvgIpc) is 2.39. The Kier molecular flexibility index (Phi) is 4.05. The van der Waals surface area contributed by atoms with Crippen LogP contribution in [0.4, 0.5) is 0 Å². The summed E-state index contributed by atoms with van der Waals surface area (Å²) in [5.41, 5.74) is 1.62. The van der Waals surface area contributed by atoms with Gasteiger partial charge in [-0.05, 0) is 49.1 Å². The monoisotopic (exact) mass is 258 g/mol. The van der Waals surface area contributed by atoms with E-state index >= 15 is 0 Å². The van der Waals surface area contributed by atoms with E-state index in [1.54, 1.807) is 17.8 Å². The van der Waals surface area contributed by atoms with Crippen LogP contribution in [0.1, 0.15) is 15.9 Å². The Morgan fingerprint density at radius 2 is 1.94 bits per heavy atom. The van der Waals surface area contributed by atoms with Crippen molar-refractivity contribution in [3.05, 3.63) is 53.6 Å². The van der Waals surface area contributed by atoms with E-state index in [1.165, 1.54) is 0 Å². The van der Waals surface area contributed by atoms with E-state index in [0.29, 0.717) is 5.56 Å². The van der Waals surface area contributed by atoms with Crippen LogP contribution in [-0.4, -0.2) is 12.5 Å².